The number of aliphatic carboxylic acids is 1. The Balaban J connectivity index is 3.85. The van der Waals surface area contributed by atoms with Gasteiger partial charge >= 0.3 is 5.97 Å². The van der Waals surface area contributed by atoms with Crippen LogP contribution in [0.25, 0.3) is 0 Å². The van der Waals surface area contributed by atoms with Crippen molar-refractivity contribution in [2.24, 2.45) is 11.8 Å². The van der Waals surface area contributed by atoms with E-state index in [0.717, 1.165) is 25.7 Å². The van der Waals surface area contributed by atoms with Gasteiger partial charge in [-0.3, -0.25) is 4.79 Å². The second-order valence-electron chi connectivity index (χ2n) is 4.13. The summed E-state index contributed by atoms with van der Waals surface area (Å²) in [6.07, 6.45) is 9.64. The van der Waals surface area contributed by atoms with Crippen molar-refractivity contribution in [2.45, 2.75) is 52.9 Å². The molecule has 0 amide bonds. The lowest BCUT2D eigenvalue weighted by Gasteiger charge is -2.17. The highest BCUT2D eigenvalue weighted by atomic mass is 16.4. The number of rotatable bonds is 8. The molecule has 0 radical (unpaired) electrons. The molecule has 1 N–H and O–H groups in total. The van der Waals surface area contributed by atoms with Crippen LogP contribution in [0.1, 0.15) is 52.9 Å². The third-order valence-electron chi connectivity index (χ3n) is 2.95. The number of carboxylic acids is 1. The van der Waals surface area contributed by atoms with Crippen LogP contribution >= 0.6 is 0 Å². The van der Waals surface area contributed by atoms with Gasteiger partial charge in [0.25, 0.3) is 0 Å². The molecule has 15 heavy (non-hydrogen) atoms. The van der Waals surface area contributed by atoms with Gasteiger partial charge in [-0.25, -0.2) is 0 Å². The molecule has 0 bridgehead atoms. The fourth-order valence-corrected chi connectivity index (χ4v) is 1.72. The summed E-state index contributed by atoms with van der Waals surface area (Å²) in [7, 11) is 0. The maximum Gasteiger partial charge on any atom is 0.306 e. The second kappa shape index (κ2) is 8.51. The van der Waals surface area contributed by atoms with E-state index < -0.39 is 5.97 Å². The summed E-state index contributed by atoms with van der Waals surface area (Å²) in [6, 6.07) is 0. The van der Waals surface area contributed by atoms with Crippen molar-refractivity contribution >= 4 is 5.97 Å². The van der Waals surface area contributed by atoms with Crippen molar-refractivity contribution in [1.29, 1.82) is 0 Å². The fourth-order valence-electron chi connectivity index (χ4n) is 1.72. The van der Waals surface area contributed by atoms with Gasteiger partial charge in [0.15, 0.2) is 0 Å². The molecule has 2 unspecified atom stereocenters. The smallest absolute Gasteiger partial charge is 0.306 e. The molecule has 0 aliphatic rings. The first-order chi connectivity index (χ1) is 7.13. The van der Waals surface area contributed by atoms with Crippen molar-refractivity contribution in [3.05, 3.63) is 12.2 Å². The summed E-state index contributed by atoms with van der Waals surface area (Å²) in [6.45, 7) is 6.04. The molecule has 0 aromatic carbocycles. The number of hydrogen-bond donors (Lipinski definition) is 1. The van der Waals surface area contributed by atoms with E-state index in [0.29, 0.717) is 5.92 Å². The second-order valence-corrected chi connectivity index (χ2v) is 4.13. The third-order valence-corrected chi connectivity index (χ3v) is 2.95. The van der Waals surface area contributed by atoms with Crippen LogP contribution in [0.3, 0.4) is 0 Å². The van der Waals surface area contributed by atoms with E-state index in [1.165, 1.54) is 6.42 Å². The van der Waals surface area contributed by atoms with Crippen molar-refractivity contribution in [1.82, 2.24) is 0 Å². The molecule has 0 aliphatic heterocycles. The van der Waals surface area contributed by atoms with Crippen LogP contribution in [-0.4, -0.2) is 11.1 Å². The van der Waals surface area contributed by atoms with E-state index in [2.05, 4.69) is 26.0 Å². The first kappa shape index (κ1) is 14.2. The molecule has 0 aliphatic carbocycles. The van der Waals surface area contributed by atoms with E-state index in [1.807, 2.05) is 6.92 Å². The molecule has 0 aromatic rings. The molecule has 0 aromatic heterocycles. The lowest BCUT2D eigenvalue weighted by molar-refractivity contribution is -0.143. The molecule has 0 fully saturated rings. The summed E-state index contributed by atoms with van der Waals surface area (Å²) in [5.74, 6) is -0.567. The fraction of sp³-hybridized carbons (Fsp3) is 0.769. The first-order valence-electron chi connectivity index (χ1n) is 6.01. The number of carboxylic acid groups (broad SMARTS) is 1. The monoisotopic (exact) mass is 212 g/mol. The van der Waals surface area contributed by atoms with Crippen LogP contribution in [-0.2, 0) is 4.79 Å². The Hall–Kier alpha value is -0.790. The van der Waals surface area contributed by atoms with Crippen molar-refractivity contribution in [3.8, 4) is 0 Å². The molecule has 0 spiro atoms. The molecular formula is C13H24O2. The van der Waals surface area contributed by atoms with Crippen molar-refractivity contribution in [2.75, 3.05) is 0 Å². The lowest BCUT2D eigenvalue weighted by atomic mass is 9.87. The Kier molecular flexibility index (Phi) is 8.06. The molecule has 88 valence electrons. The quantitative estimate of drug-likeness (QED) is 0.620. The summed E-state index contributed by atoms with van der Waals surface area (Å²) in [5, 5.41) is 8.91. The van der Waals surface area contributed by atoms with Gasteiger partial charge in [0.05, 0.1) is 5.92 Å². The normalized spacial score (nSPS) is 15.4. The molecule has 0 saturated heterocycles. The summed E-state index contributed by atoms with van der Waals surface area (Å²) < 4.78 is 0. The van der Waals surface area contributed by atoms with Crippen molar-refractivity contribution < 1.29 is 9.90 Å². The van der Waals surface area contributed by atoms with Gasteiger partial charge in [-0.1, -0.05) is 45.8 Å². The van der Waals surface area contributed by atoms with Gasteiger partial charge in [0.1, 0.15) is 0 Å². The molecule has 0 heterocycles. The Morgan fingerprint density at radius 2 is 1.87 bits per heavy atom. The number of allylic oxidation sites excluding steroid dienone is 2. The highest BCUT2D eigenvalue weighted by molar-refractivity contribution is 5.69. The molecule has 0 saturated carbocycles. The predicted molar refractivity (Wildman–Crippen MR) is 63.9 cm³/mol. The van der Waals surface area contributed by atoms with E-state index >= 15 is 0 Å². The Morgan fingerprint density at radius 1 is 1.27 bits per heavy atom. The molecule has 2 nitrogen and oxygen atoms in total. The minimum absolute atomic E-state index is 0.213. The van der Waals surface area contributed by atoms with Crippen LogP contribution < -0.4 is 0 Å². The minimum atomic E-state index is -0.667. The zero-order valence-electron chi connectivity index (χ0n) is 10.2. The maximum absolute atomic E-state index is 10.8. The SMILES string of the molecule is CCCC=CCCC(CC)C(C)C(=O)O. The molecule has 0 rings (SSSR count). The topological polar surface area (TPSA) is 37.3 Å². The zero-order chi connectivity index (χ0) is 11.7. The standard InChI is InChI=1S/C13H24O2/c1-4-6-7-8-9-10-12(5-2)11(3)13(14)15/h7-8,11-12H,4-6,9-10H2,1-3H3,(H,14,15). The Bertz CT molecular complexity index is 197. The third kappa shape index (κ3) is 6.32. The number of hydrogen-bond acceptors (Lipinski definition) is 1. The van der Waals surface area contributed by atoms with Crippen LogP contribution in [0, 0.1) is 11.8 Å². The van der Waals surface area contributed by atoms with E-state index in [9.17, 15) is 4.79 Å². The highest BCUT2D eigenvalue weighted by Gasteiger charge is 2.20. The van der Waals surface area contributed by atoms with Crippen LogP contribution in [0.15, 0.2) is 12.2 Å². The van der Waals surface area contributed by atoms with Gasteiger partial charge in [-0.2, -0.15) is 0 Å². The van der Waals surface area contributed by atoms with Gasteiger partial charge in [0, 0.05) is 0 Å². The molecule has 2 atom stereocenters. The lowest BCUT2D eigenvalue weighted by Crippen LogP contribution is -2.19. The number of unbranched alkanes of at least 4 members (excludes halogenated alkanes) is 1. The molecule has 2 heteroatoms. The van der Waals surface area contributed by atoms with Crippen LogP contribution in [0.4, 0.5) is 0 Å². The summed E-state index contributed by atoms with van der Waals surface area (Å²) >= 11 is 0. The zero-order valence-corrected chi connectivity index (χ0v) is 10.2. The Morgan fingerprint density at radius 3 is 2.33 bits per heavy atom. The van der Waals surface area contributed by atoms with E-state index in [-0.39, 0.29) is 5.92 Å². The van der Waals surface area contributed by atoms with E-state index in [4.69, 9.17) is 5.11 Å². The molecular weight excluding hydrogens is 188 g/mol. The Labute approximate surface area is 93.4 Å². The highest BCUT2D eigenvalue weighted by Crippen LogP contribution is 2.21. The van der Waals surface area contributed by atoms with E-state index in [1.54, 1.807) is 0 Å². The van der Waals surface area contributed by atoms with Crippen LogP contribution in [0.5, 0.6) is 0 Å². The predicted octanol–water partition coefficient (Wildman–Crippen LogP) is 3.87. The number of carbonyl (C=O) groups is 1. The van der Waals surface area contributed by atoms with Gasteiger partial charge in [-0.05, 0) is 25.2 Å². The van der Waals surface area contributed by atoms with Gasteiger partial charge < -0.3 is 5.11 Å². The van der Waals surface area contributed by atoms with Crippen molar-refractivity contribution in [3.63, 3.8) is 0 Å². The minimum Gasteiger partial charge on any atom is -0.481 e. The van der Waals surface area contributed by atoms with Gasteiger partial charge in [0.2, 0.25) is 0 Å². The first-order valence-corrected chi connectivity index (χ1v) is 6.01. The van der Waals surface area contributed by atoms with Crippen LogP contribution in [0.2, 0.25) is 0 Å². The average Bonchev–Trinajstić information content (AvgIpc) is 2.22. The summed E-state index contributed by atoms with van der Waals surface area (Å²) in [4.78, 5) is 10.8. The van der Waals surface area contributed by atoms with Gasteiger partial charge in [-0.15, -0.1) is 0 Å². The maximum atomic E-state index is 10.8. The summed E-state index contributed by atoms with van der Waals surface area (Å²) in [5.41, 5.74) is 0. The average molecular weight is 212 g/mol. The largest absolute Gasteiger partial charge is 0.481 e.